The highest BCUT2D eigenvalue weighted by atomic mass is 16.5. The van der Waals surface area contributed by atoms with Crippen molar-refractivity contribution in [3.8, 4) is 0 Å². The summed E-state index contributed by atoms with van der Waals surface area (Å²) in [5.74, 6) is 1.34. The first-order valence-electron chi connectivity index (χ1n) is 8.33. The summed E-state index contributed by atoms with van der Waals surface area (Å²) in [7, 11) is 0. The lowest BCUT2D eigenvalue weighted by Gasteiger charge is -2.32. The molecule has 3 atom stereocenters. The van der Waals surface area contributed by atoms with Crippen LogP contribution in [0.25, 0.3) is 0 Å². The molecule has 114 valence electrons. The Hall–Kier alpha value is -0.300. The topological polar surface area (TPSA) is 9.23 Å². The molecule has 0 saturated heterocycles. The molecule has 0 fully saturated rings. The molecule has 0 heterocycles. The Balaban J connectivity index is 4.35. The van der Waals surface area contributed by atoms with Gasteiger partial charge in [0.2, 0.25) is 0 Å². The van der Waals surface area contributed by atoms with Crippen LogP contribution in [0.1, 0.15) is 80.1 Å². The molecular weight excluding hydrogens is 232 g/mol. The predicted octanol–water partition coefficient (Wildman–Crippen LogP) is 5.99. The zero-order valence-electron chi connectivity index (χ0n) is 14.1. The maximum atomic E-state index is 6.37. The Morgan fingerprint density at radius 2 is 1.74 bits per heavy atom. The highest BCUT2D eigenvalue weighted by Crippen LogP contribution is 2.26. The first kappa shape index (κ1) is 18.7. The van der Waals surface area contributed by atoms with Crippen LogP contribution in [0.15, 0.2) is 12.2 Å². The summed E-state index contributed by atoms with van der Waals surface area (Å²) in [4.78, 5) is 0. The molecule has 0 aromatic rings. The zero-order chi connectivity index (χ0) is 14.7. The van der Waals surface area contributed by atoms with E-state index in [9.17, 15) is 0 Å². The van der Waals surface area contributed by atoms with Gasteiger partial charge < -0.3 is 4.74 Å². The minimum absolute atomic E-state index is 0.374. The third-order valence-corrected chi connectivity index (χ3v) is 3.94. The number of rotatable bonds is 11. The van der Waals surface area contributed by atoms with Crippen LogP contribution in [0.3, 0.4) is 0 Å². The van der Waals surface area contributed by atoms with Gasteiger partial charge in [0.25, 0.3) is 0 Å². The molecule has 0 amide bonds. The van der Waals surface area contributed by atoms with E-state index in [1.807, 2.05) is 0 Å². The molecule has 0 spiro atoms. The molecule has 0 radical (unpaired) electrons. The minimum atomic E-state index is 0.374. The van der Waals surface area contributed by atoms with Crippen LogP contribution < -0.4 is 0 Å². The van der Waals surface area contributed by atoms with Crippen LogP contribution in [-0.4, -0.2) is 12.2 Å². The largest absolute Gasteiger partial charge is 0.375 e. The summed E-state index contributed by atoms with van der Waals surface area (Å²) in [5.41, 5.74) is 0. The monoisotopic (exact) mass is 268 g/mol. The quantitative estimate of drug-likeness (QED) is 0.418. The first-order chi connectivity index (χ1) is 9.06. The molecule has 0 aliphatic rings. The van der Waals surface area contributed by atoms with Gasteiger partial charge in [-0.25, -0.2) is 0 Å². The fraction of sp³-hybridized carbons (Fsp3) is 0.889. The minimum Gasteiger partial charge on any atom is -0.375 e. The molecule has 1 heteroatoms. The number of hydrogen-bond acceptors (Lipinski definition) is 1. The van der Waals surface area contributed by atoms with Crippen LogP contribution in [0.2, 0.25) is 0 Å². The van der Waals surface area contributed by atoms with Crippen molar-refractivity contribution in [1.29, 1.82) is 0 Å². The van der Waals surface area contributed by atoms with Gasteiger partial charge >= 0.3 is 0 Å². The first-order valence-corrected chi connectivity index (χ1v) is 8.33. The third-order valence-electron chi connectivity index (χ3n) is 3.94. The molecule has 3 unspecified atom stereocenters. The number of unbranched alkanes of at least 4 members (excludes halogenated alkanes) is 1. The van der Waals surface area contributed by atoms with Crippen molar-refractivity contribution in [2.24, 2.45) is 11.8 Å². The van der Waals surface area contributed by atoms with E-state index >= 15 is 0 Å². The van der Waals surface area contributed by atoms with Crippen molar-refractivity contribution < 1.29 is 4.74 Å². The molecular formula is C18H36O. The van der Waals surface area contributed by atoms with E-state index in [0.717, 1.165) is 18.8 Å². The fourth-order valence-corrected chi connectivity index (χ4v) is 2.71. The lowest BCUT2D eigenvalue weighted by atomic mass is 9.87. The highest BCUT2D eigenvalue weighted by Gasteiger charge is 2.25. The third kappa shape index (κ3) is 8.47. The average molecular weight is 268 g/mol. The van der Waals surface area contributed by atoms with Crippen LogP contribution in [0.4, 0.5) is 0 Å². The summed E-state index contributed by atoms with van der Waals surface area (Å²) in [6.45, 7) is 13.5. The Bertz CT molecular complexity index is 220. The van der Waals surface area contributed by atoms with Gasteiger partial charge in [-0.15, -0.1) is 0 Å². The predicted molar refractivity (Wildman–Crippen MR) is 86.5 cm³/mol. The SMILES string of the molecule is CC=CCCC(C)OC(C(C)C)C(CC)CCCC. The standard InChI is InChI=1S/C18H36O/c1-7-10-12-13-16(6)19-18(15(4)5)17(9-3)14-11-8-2/h7,10,15-18H,8-9,11-14H2,1-6H3. The summed E-state index contributed by atoms with van der Waals surface area (Å²) in [6, 6.07) is 0. The lowest BCUT2D eigenvalue weighted by molar-refractivity contribution is -0.0647. The highest BCUT2D eigenvalue weighted by molar-refractivity contribution is 4.79. The Morgan fingerprint density at radius 3 is 2.21 bits per heavy atom. The van der Waals surface area contributed by atoms with Crippen molar-refractivity contribution >= 4 is 0 Å². The van der Waals surface area contributed by atoms with Gasteiger partial charge in [-0.1, -0.05) is 59.1 Å². The molecule has 0 rings (SSSR count). The van der Waals surface area contributed by atoms with Crippen LogP contribution in [-0.2, 0) is 4.74 Å². The van der Waals surface area contributed by atoms with Crippen LogP contribution in [0, 0.1) is 11.8 Å². The summed E-state index contributed by atoms with van der Waals surface area (Å²) in [5, 5.41) is 0. The van der Waals surface area contributed by atoms with E-state index in [2.05, 4.69) is 53.7 Å². The van der Waals surface area contributed by atoms with E-state index in [1.165, 1.54) is 25.7 Å². The second-order valence-electron chi connectivity index (χ2n) is 6.11. The van der Waals surface area contributed by atoms with Gasteiger partial charge in [0, 0.05) is 0 Å². The summed E-state index contributed by atoms with van der Waals surface area (Å²) >= 11 is 0. The number of ether oxygens (including phenoxy) is 1. The van der Waals surface area contributed by atoms with Crippen molar-refractivity contribution in [2.75, 3.05) is 0 Å². The Morgan fingerprint density at radius 1 is 1.05 bits per heavy atom. The zero-order valence-corrected chi connectivity index (χ0v) is 14.1. The van der Waals surface area contributed by atoms with Gasteiger partial charge in [-0.05, 0) is 44.9 Å². The summed E-state index contributed by atoms with van der Waals surface area (Å²) < 4.78 is 6.37. The van der Waals surface area contributed by atoms with Gasteiger partial charge in [0.15, 0.2) is 0 Å². The maximum absolute atomic E-state index is 6.37. The Labute approximate surface area is 121 Å². The molecule has 0 bridgehead atoms. The molecule has 19 heavy (non-hydrogen) atoms. The molecule has 0 aliphatic carbocycles. The normalized spacial score (nSPS) is 17.0. The van der Waals surface area contributed by atoms with Crippen molar-refractivity contribution in [2.45, 2.75) is 92.3 Å². The van der Waals surface area contributed by atoms with Gasteiger partial charge in [-0.3, -0.25) is 0 Å². The van der Waals surface area contributed by atoms with E-state index in [1.54, 1.807) is 0 Å². The van der Waals surface area contributed by atoms with Gasteiger partial charge in [0.1, 0.15) is 0 Å². The van der Waals surface area contributed by atoms with E-state index < -0.39 is 0 Å². The number of hydrogen-bond donors (Lipinski definition) is 0. The van der Waals surface area contributed by atoms with E-state index in [-0.39, 0.29) is 0 Å². The van der Waals surface area contributed by atoms with Crippen LogP contribution in [0.5, 0.6) is 0 Å². The Kier molecular flexibility index (Phi) is 11.3. The molecule has 0 aromatic heterocycles. The van der Waals surface area contributed by atoms with E-state index in [0.29, 0.717) is 18.1 Å². The van der Waals surface area contributed by atoms with Crippen molar-refractivity contribution in [1.82, 2.24) is 0 Å². The summed E-state index contributed by atoms with van der Waals surface area (Å²) in [6.07, 6.45) is 12.6. The molecule has 0 saturated carbocycles. The molecule has 0 aromatic carbocycles. The van der Waals surface area contributed by atoms with Gasteiger partial charge in [0.05, 0.1) is 12.2 Å². The van der Waals surface area contributed by atoms with Crippen LogP contribution >= 0.6 is 0 Å². The van der Waals surface area contributed by atoms with E-state index in [4.69, 9.17) is 4.74 Å². The second kappa shape index (κ2) is 11.5. The molecule has 0 N–H and O–H groups in total. The average Bonchev–Trinajstić information content (AvgIpc) is 2.38. The molecule has 0 aliphatic heterocycles. The smallest absolute Gasteiger partial charge is 0.0629 e. The molecule has 1 nitrogen and oxygen atoms in total. The van der Waals surface area contributed by atoms with Crippen molar-refractivity contribution in [3.63, 3.8) is 0 Å². The van der Waals surface area contributed by atoms with Crippen molar-refractivity contribution in [3.05, 3.63) is 12.2 Å². The fourth-order valence-electron chi connectivity index (χ4n) is 2.71. The second-order valence-corrected chi connectivity index (χ2v) is 6.11. The number of allylic oxidation sites excluding steroid dienone is 2. The van der Waals surface area contributed by atoms with Gasteiger partial charge in [-0.2, -0.15) is 0 Å². The maximum Gasteiger partial charge on any atom is 0.0629 e. The lowest BCUT2D eigenvalue weighted by Crippen LogP contribution is -2.32.